The Kier molecular flexibility index (Phi) is 20.2. The summed E-state index contributed by atoms with van der Waals surface area (Å²) >= 11 is 0. The predicted octanol–water partition coefficient (Wildman–Crippen LogP) is 8.92. The summed E-state index contributed by atoms with van der Waals surface area (Å²) in [7, 11) is 0. The SMILES string of the molecule is C=C.CC1CCC1.CC=O.CCCC(C)c1ccc(NC(C)(C)C)cn1.Cc1cc(O)c(F)cc1CC#N. The van der Waals surface area contributed by atoms with E-state index in [2.05, 4.69) is 77.1 Å². The molecule has 2 N–H and O–H groups in total. The van der Waals surface area contributed by atoms with Gasteiger partial charge in [-0.3, -0.25) is 4.98 Å². The number of nitriles is 1. The van der Waals surface area contributed by atoms with Crippen LogP contribution in [0, 0.1) is 30.0 Å². The van der Waals surface area contributed by atoms with Crippen LogP contribution in [-0.2, 0) is 11.2 Å². The van der Waals surface area contributed by atoms with Crippen LogP contribution in [-0.4, -0.2) is 21.9 Å². The number of nitrogens with zero attached hydrogens (tertiary/aromatic N) is 2. The van der Waals surface area contributed by atoms with Crippen molar-refractivity contribution in [3.8, 4) is 11.8 Å². The minimum absolute atomic E-state index is 0.0955. The first-order chi connectivity index (χ1) is 17.9. The molecule has 6 heteroatoms. The molecule has 3 rings (SSSR count). The summed E-state index contributed by atoms with van der Waals surface area (Å²) in [6.07, 6.45) is 9.74. The van der Waals surface area contributed by atoms with Crippen molar-refractivity contribution >= 4 is 12.0 Å². The van der Waals surface area contributed by atoms with Crippen LogP contribution < -0.4 is 5.32 Å². The first-order valence-corrected chi connectivity index (χ1v) is 13.4. The maximum Gasteiger partial charge on any atom is 0.165 e. The molecule has 0 radical (unpaired) electrons. The lowest BCUT2D eigenvalue weighted by molar-refractivity contribution is -0.106. The van der Waals surface area contributed by atoms with Crippen LogP contribution in [0.2, 0.25) is 0 Å². The number of pyridine rings is 1. The Morgan fingerprint density at radius 2 is 1.84 bits per heavy atom. The fourth-order valence-electron chi connectivity index (χ4n) is 3.38. The topological polar surface area (TPSA) is 86.0 Å². The molecule has 5 nitrogen and oxygen atoms in total. The van der Waals surface area contributed by atoms with Crippen molar-refractivity contribution in [2.75, 3.05) is 5.32 Å². The molecule has 212 valence electrons. The van der Waals surface area contributed by atoms with Crippen molar-refractivity contribution < 1.29 is 14.3 Å². The van der Waals surface area contributed by atoms with Crippen molar-refractivity contribution in [2.45, 2.75) is 105 Å². The second-order valence-electron chi connectivity index (χ2n) is 10.4. The Morgan fingerprint density at radius 1 is 1.29 bits per heavy atom. The van der Waals surface area contributed by atoms with Gasteiger partial charge >= 0.3 is 0 Å². The predicted molar refractivity (Wildman–Crippen MR) is 159 cm³/mol. The first kappa shape index (κ1) is 37.0. The van der Waals surface area contributed by atoms with Gasteiger partial charge in [0.25, 0.3) is 0 Å². The molecule has 1 aromatic carbocycles. The van der Waals surface area contributed by atoms with Crippen molar-refractivity contribution in [3.63, 3.8) is 0 Å². The number of aromatic hydroxyl groups is 1. The lowest BCUT2D eigenvalue weighted by Gasteiger charge is -2.22. The van der Waals surface area contributed by atoms with Crippen molar-refractivity contribution in [1.29, 1.82) is 5.26 Å². The first-order valence-electron chi connectivity index (χ1n) is 13.4. The Hall–Kier alpha value is -3.20. The van der Waals surface area contributed by atoms with Crippen molar-refractivity contribution in [3.05, 3.63) is 66.3 Å². The molecule has 1 atom stereocenters. The lowest BCUT2D eigenvalue weighted by Crippen LogP contribution is -2.26. The number of carbonyl (C=O) groups excluding carboxylic acids is 1. The average molecular weight is 528 g/mol. The summed E-state index contributed by atoms with van der Waals surface area (Å²) in [6.45, 7) is 22.4. The van der Waals surface area contributed by atoms with E-state index in [1.807, 2.05) is 12.3 Å². The van der Waals surface area contributed by atoms with Gasteiger partial charge in [-0.1, -0.05) is 46.5 Å². The van der Waals surface area contributed by atoms with Gasteiger partial charge in [-0.15, -0.1) is 13.2 Å². The second kappa shape index (κ2) is 20.8. The fraction of sp³-hybridized carbons (Fsp3) is 0.531. The highest BCUT2D eigenvalue weighted by Crippen LogP contribution is 2.24. The Labute approximate surface area is 231 Å². The zero-order valence-electron chi connectivity index (χ0n) is 24.9. The molecule has 2 aromatic rings. The number of carbonyl (C=O) groups is 1. The zero-order valence-corrected chi connectivity index (χ0v) is 24.9. The van der Waals surface area contributed by atoms with Gasteiger partial charge in [0, 0.05) is 11.2 Å². The van der Waals surface area contributed by atoms with Gasteiger partial charge in [-0.05, 0) is 88.3 Å². The highest BCUT2D eigenvalue weighted by atomic mass is 19.1. The number of anilines is 1. The fourth-order valence-corrected chi connectivity index (χ4v) is 3.38. The third-order valence-electron chi connectivity index (χ3n) is 5.60. The monoisotopic (exact) mass is 527 g/mol. The van der Waals surface area contributed by atoms with Gasteiger partial charge in [-0.2, -0.15) is 5.26 Å². The van der Waals surface area contributed by atoms with Crippen LogP contribution in [0.1, 0.15) is 103 Å². The summed E-state index contributed by atoms with van der Waals surface area (Å²) < 4.78 is 12.7. The smallest absolute Gasteiger partial charge is 0.165 e. The molecule has 0 spiro atoms. The molecule has 1 aromatic heterocycles. The van der Waals surface area contributed by atoms with Gasteiger partial charge in [0.2, 0.25) is 0 Å². The summed E-state index contributed by atoms with van der Waals surface area (Å²) in [5, 5.41) is 20.7. The zero-order chi connectivity index (χ0) is 29.7. The molecule has 1 saturated carbocycles. The summed E-state index contributed by atoms with van der Waals surface area (Å²) in [4.78, 5) is 13.3. The number of hydrogen-bond donors (Lipinski definition) is 2. The Bertz CT molecular complexity index is 943. The van der Waals surface area contributed by atoms with Crippen LogP contribution in [0.3, 0.4) is 0 Å². The molecule has 1 aliphatic rings. The number of hydrogen-bond acceptors (Lipinski definition) is 5. The molecule has 1 aliphatic carbocycles. The van der Waals surface area contributed by atoms with Crippen LogP contribution in [0.15, 0.2) is 43.6 Å². The summed E-state index contributed by atoms with van der Waals surface area (Å²) in [5.74, 6) is 0.587. The Balaban J connectivity index is 0. The van der Waals surface area contributed by atoms with E-state index >= 15 is 0 Å². The van der Waals surface area contributed by atoms with Crippen LogP contribution >= 0.6 is 0 Å². The third kappa shape index (κ3) is 17.3. The van der Waals surface area contributed by atoms with Gasteiger partial charge in [0.05, 0.1) is 24.4 Å². The van der Waals surface area contributed by atoms with Crippen molar-refractivity contribution in [2.24, 2.45) is 5.92 Å². The molecule has 0 saturated heterocycles. The highest BCUT2D eigenvalue weighted by molar-refractivity contribution is 5.44. The van der Waals surface area contributed by atoms with Crippen LogP contribution in [0.5, 0.6) is 5.75 Å². The number of aldehydes is 1. The van der Waals surface area contributed by atoms with E-state index in [1.54, 1.807) is 6.92 Å². The summed E-state index contributed by atoms with van der Waals surface area (Å²) in [6, 6.07) is 8.69. The number of phenolic OH excluding ortho intramolecular Hbond substituents is 1. The summed E-state index contributed by atoms with van der Waals surface area (Å²) in [5.41, 5.74) is 3.74. The standard InChI is InChI=1S/C14H24N2.C9H8FNO.C5H10.C2H4O.C2H4/c1-6-7-11(2)13-9-8-12(10-15-13)16-14(3,4)5;1-6-4-9(12)8(10)5-7(6)2-3-11;1-5-3-2-4-5;1-2-3;1-2/h8-11,16H,6-7H2,1-5H3;4-5,12H,2H2,1H3;5H,2-4H2,1H3;2H,1H3;1-2H2. The number of aryl methyl sites for hydroxylation is 1. The molecule has 1 unspecified atom stereocenters. The van der Waals surface area contributed by atoms with Gasteiger partial charge in [0.15, 0.2) is 11.6 Å². The number of aromatic nitrogens is 1. The maximum atomic E-state index is 12.7. The van der Waals surface area contributed by atoms with E-state index < -0.39 is 5.82 Å². The molecule has 38 heavy (non-hydrogen) atoms. The number of halogens is 1. The minimum Gasteiger partial charge on any atom is -0.505 e. The van der Waals surface area contributed by atoms with E-state index in [1.165, 1.54) is 56.9 Å². The minimum atomic E-state index is -0.675. The molecule has 1 fully saturated rings. The largest absolute Gasteiger partial charge is 0.505 e. The van der Waals surface area contributed by atoms with Gasteiger partial charge < -0.3 is 15.2 Å². The molecular weight excluding hydrogens is 477 g/mol. The molecule has 0 amide bonds. The van der Waals surface area contributed by atoms with Gasteiger partial charge in [-0.25, -0.2) is 4.39 Å². The van der Waals surface area contributed by atoms with E-state index in [9.17, 15) is 4.39 Å². The van der Waals surface area contributed by atoms with Gasteiger partial charge in [0.1, 0.15) is 6.29 Å². The number of rotatable bonds is 5. The number of benzene rings is 1. The Morgan fingerprint density at radius 3 is 2.21 bits per heavy atom. The second-order valence-corrected chi connectivity index (χ2v) is 10.4. The van der Waals surface area contributed by atoms with E-state index in [-0.39, 0.29) is 17.7 Å². The average Bonchev–Trinajstić information content (AvgIpc) is 2.83. The van der Waals surface area contributed by atoms with E-state index in [0.717, 1.165) is 23.5 Å². The number of nitrogens with one attached hydrogen (secondary N) is 1. The molecule has 0 bridgehead atoms. The third-order valence-corrected chi connectivity index (χ3v) is 5.60. The number of phenols is 1. The van der Waals surface area contributed by atoms with Crippen LogP contribution in [0.4, 0.5) is 10.1 Å². The quantitative estimate of drug-likeness (QED) is 0.299. The van der Waals surface area contributed by atoms with E-state index in [4.69, 9.17) is 15.2 Å². The normalized spacial score (nSPS) is 12.5. The molecule has 0 aliphatic heterocycles. The molecular formula is C32H50FN3O2. The highest BCUT2D eigenvalue weighted by Gasteiger charge is 2.11. The van der Waals surface area contributed by atoms with Crippen LogP contribution in [0.25, 0.3) is 0 Å². The molecule has 1 heterocycles. The lowest BCUT2D eigenvalue weighted by atomic mass is 9.88. The maximum absolute atomic E-state index is 12.7. The van der Waals surface area contributed by atoms with E-state index in [0.29, 0.717) is 11.5 Å². The van der Waals surface area contributed by atoms with Crippen molar-refractivity contribution in [1.82, 2.24) is 4.98 Å².